The number of benzene rings is 2. The van der Waals surface area contributed by atoms with Crippen LogP contribution in [0, 0.1) is 0 Å². The molecule has 0 spiro atoms. The van der Waals surface area contributed by atoms with Gasteiger partial charge >= 0.3 is 0 Å². The van der Waals surface area contributed by atoms with Crippen LogP contribution in [0.4, 0.5) is 5.69 Å². The van der Waals surface area contributed by atoms with E-state index in [-0.39, 0.29) is 5.75 Å². The van der Waals surface area contributed by atoms with Crippen LogP contribution in [0.1, 0.15) is 5.56 Å². The highest BCUT2D eigenvalue weighted by Crippen LogP contribution is 2.32. The Hall–Kier alpha value is -2.12. The number of methoxy groups -OCH3 is 1. The number of phenolic OH excluding ortho intramolecular Hbond substituents is 1. The van der Waals surface area contributed by atoms with E-state index in [2.05, 4.69) is 31.8 Å². The molecule has 0 heterocycles. The Kier molecular flexibility index (Phi) is 5.74. The Bertz CT molecular complexity index is 693. The highest BCUT2D eigenvalue weighted by Gasteiger charge is 2.10. The van der Waals surface area contributed by atoms with Crippen LogP contribution in [0.2, 0.25) is 0 Å². The predicted molar refractivity (Wildman–Crippen MR) is 94.3 cm³/mol. The number of para-hydroxylation sites is 1. The Labute approximate surface area is 142 Å². The van der Waals surface area contributed by atoms with Gasteiger partial charge in [0, 0.05) is 10.2 Å². The Morgan fingerprint density at radius 1 is 1.32 bits per heavy atom. The molecule has 0 radical (unpaired) electrons. The van der Waals surface area contributed by atoms with E-state index in [0.29, 0.717) is 16.4 Å². The van der Waals surface area contributed by atoms with E-state index in [4.69, 9.17) is 17.0 Å². The maximum atomic E-state index is 10.0. The normalized spacial score (nSPS) is 10.5. The van der Waals surface area contributed by atoms with Crippen molar-refractivity contribution in [2.45, 2.75) is 0 Å². The maximum Gasteiger partial charge on any atom is 0.228 e. The lowest BCUT2D eigenvalue weighted by Crippen LogP contribution is -2.82. The van der Waals surface area contributed by atoms with Crippen LogP contribution < -0.4 is 20.6 Å². The molecule has 2 aromatic rings. The first-order chi connectivity index (χ1) is 10.6. The molecule has 2 aromatic carbocycles. The highest BCUT2D eigenvalue weighted by atomic mass is 79.9. The lowest BCUT2D eigenvalue weighted by Gasteiger charge is -2.06. The number of ether oxygens (including phenoxy) is 1. The number of hydrazine groups is 1. The van der Waals surface area contributed by atoms with Crippen LogP contribution in [-0.4, -0.2) is 23.5 Å². The molecule has 0 bridgehead atoms. The number of rotatable bonds is 4. The van der Waals surface area contributed by atoms with Gasteiger partial charge < -0.3 is 15.2 Å². The van der Waals surface area contributed by atoms with Crippen LogP contribution in [0.25, 0.3) is 0 Å². The fourth-order valence-corrected chi connectivity index (χ4v) is 2.35. The van der Waals surface area contributed by atoms with Gasteiger partial charge in [-0.15, -0.1) is 10.5 Å². The van der Waals surface area contributed by atoms with E-state index in [9.17, 15) is 5.11 Å². The minimum absolute atomic E-state index is 0.0435. The molecule has 0 saturated carbocycles. The van der Waals surface area contributed by atoms with Crippen molar-refractivity contribution in [1.82, 2.24) is 5.43 Å². The van der Waals surface area contributed by atoms with Crippen molar-refractivity contribution in [3.8, 4) is 11.5 Å². The van der Waals surface area contributed by atoms with E-state index in [0.717, 1.165) is 10.2 Å². The van der Waals surface area contributed by atoms with Crippen molar-refractivity contribution in [3.05, 3.63) is 52.5 Å². The molecule has 0 aliphatic carbocycles. The van der Waals surface area contributed by atoms with Crippen molar-refractivity contribution >= 4 is 45.2 Å². The van der Waals surface area contributed by atoms with Crippen LogP contribution in [-0.2, 0) is 0 Å². The maximum absolute atomic E-state index is 10.0. The van der Waals surface area contributed by atoms with Gasteiger partial charge in [-0.05, 0) is 36.5 Å². The van der Waals surface area contributed by atoms with Crippen molar-refractivity contribution in [2.24, 2.45) is 0 Å². The number of hydrazone groups is 1. The monoisotopic (exact) mass is 380 g/mol. The molecule has 0 unspecified atom stereocenters. The molecule has 5 nitrogen and oxygen atoms in total. The minimum Gasteiger partial charge on any atom is -0.504 e. The van der Waals surface area contributed by atoms with Crippen molar-refractivity contribution in [2.75, 3.05) is 12.4 Å². The van der Waals surface area contributed by atoms with E-state index in [1.54, 1.807) is 18.3 Å². The molecule has 2 rings (SSSR count). The Balaban J connectivity index is 2.01. The van der Waals surface area contributed by atoms with Gasteiger partial charge in [-0.25, -0.2) is 0 Å². The van der Waals surface area contributed by atoms with Crippen molar-refractivity contribution < 1.29 is 14.9 Å². The summed E-state index contributed by atoms with van der Waals surface area (Å²) in [7, 11) is 1.50. The largest absolute Gasteiger partial charge is 0.504 e. The summed E-state index contributed by atoms with van der Waals surface area (Å²) in [5, 5.41) is 16.3. The molecule has 7 heteroatoms. The molecule has 0 aliphatic rings. The van der Waals surface area contributed by atoms with Crippen LogP contribution >= 0.6 is 28.1 Å². The number of hydrogen-bond acceptors (Lipinski definition) is 3. The molecule has 0 aliphatic heterocycles. The second-order valence-corrected chi connectivity index (χ2v) is 5.60. The number of halogens is 1. The van der Waals surface area contributed by atoms with E-state index < -0.39 is 0 Å². The van der Waals surface area contributed by atoms with Gasteiger partial charge in [-0.3, -0.25) is 0 Å². The van der Waals surface area contributed by atoms with Gasteiger partial charge in [0.05, 0.1) is 12.7 Å². The van der Waals surface area contributed by atoms with Crippen LogP contribution in [0.3, 0.4) is 0 Å². The fraction of sp³-hybridized carbons (Fsp3) is 0.0667. The molecule has 4 N–H and O–H groups in total. The SMILES string of the molecule is COc1cc(Br)cc(C=[NH+]NC(=S)Nc2ccccc2)c1O. The number of nitrogens with one attached hydrogen (secondary N) is 3. The number of anilines is 1. The zero-order valence-electron chi connectivity index (χ0n) is 11.8. The molecule has 22 heavy (non-hydrogen) atoms. The number of phenols is 1. The first-order valence-corrected chi connectivity index (χ1v) is 7.57. The molecule has 0 fully saturated rings. The summed E-state index contributed by atoms with van der Waals surface area (Å²) in [5.74, 6) is 0.425. The summed E-state index contributed by atoms with van der Waals surface area (Å²) < 4.78 is 5.88. The molecular formula is C15H15BrN3O2S+. The molecular weight excluding hydrogens is 366 g/mol. The second-order valence-electron chi connectivity index (χ2n) is 4.28. The Morgan fingerprint density at radius 2 is 2.05 bits per heavy atom. The number of hydrogen-bond donors (Lipinski definition) is 4. The van der Waals surface area contributed by atoms with Crippen LogP contribution in [0.15, 0.2) is 46.9 Å². The number of aromatic hydroxyl groups is 1. The molecule has 0 amide bonds. The van der Waals surface area contributed by atoms with E-state index >= 15 is 0 Å². The van der Waals surface area contributed by atoms with Gasteiger partial charge in [0.2, 0.25) is 11.3 Å². The first kappa shape index (κ1) is 16.3. The van der Waals surface area contributed by atoms with E-state index in [1.807, 2.05) is 30.3 Å². The van der Waals surface area contributed by atoms with Crippen molar-refractivity contribution in [3.63, 3.8) is 0 Å². The Morgan fingerprint density at radius 3 is 2.73 bits per heavy atom. The summed E-state index contributed by atoms with van der Waals surface area (Å²) >= 11 is 8.51. The van der Waals surface area contributed by atoms with Gasteiger partial charge in [-0.2, -0.15) is 0 Å². The quantitative estimate of drug-likeness (QED) is 0.368. The molecule has 114 valence electrons. The summed E-state index contributed by atoms with van der Waals surface area (Å²) in [4.78, 5) is 0. The van der Waals surface area contributed by atoms with Gasteiger partial charge in [0.15, 0.2) is 11.5 Å². The van der Waals surface area contributed by atoms with Gasteiger partial charge in [0.1, 0.15) is 0 Å². The molecule has 0 atom stereocenters. The second kappa shape index (κ2) is 7.77. The third kappa shape index (κ3) is 4.44. The summed E-state index contributed by atoms with van der Waals surface area (Å²) in [6, 6.07) is 13.0. The lowest BCUT2D eigenvalue weighted by atomic mass is 10.2. The minimum atomic E-state index is 0.0435. The fourth-order valence-electron chi connectivity index (χ4n) is 1.72. The summed E-state index contributed by atoms with van der Waals surface area (Å²) in [5.41, 5.74) is 4.25. The smallest absolute Gasteiger partial charge is 0.228 e. The topological polar surface area (TPSA) is 67.5 Å². The van der Waals surface area contributed by atoms with Gasteiger partial charge in [0.25, 0.3) is 0 Å². The first-order valence-electron chi connectivity index (χ1n) is 6.37. The van der Waals surface area contributed by atoms with E-state index in [1.165, 1.54) is 7.11 Å². The standard InChI is InChI=1S/C15H14BrN3O2S/c1-21-13-8-11(16)7-10(14(13)20)9-17-19-15(22)18-12-5-3-2-4-6-12/h2-9,20H,1H3,(H2,18,19,22)/p+1. The summed E-state index contributed by atoms with van der Waals surface area (Å²) in [6.45, 7) is 0. The highest BCUT2D eigenvalue weighted by molar-refractivity contribution is 9.10. The third-order valence-electron chi connectivity index (χ3n) is 2.73. The van der Waals surface area contributed by atoms with Gasteiger partial charge in [-0.1, -0.05) is 34.1 Å². The van der Waals surface area contributed by atoms with Crippen molar-refractivity contribution in [1.29, 1.82) is 0 Å². The number of thiocarbonyl (C=S) groups is 1. The average Bonchev–Trinajstić information content (AvgIpc) is 2.51. The lowest BCUT2D eigenvalue weighted by molar-refractivity contribution is -0.499. The zero-order chi connectivity index (χ0) is 15.9. The molecule has 0 aromatic heterocycles. The average molecular weight is 381 g/mol. The zero-order valence-corrected chi connectivity index (χ0v) is 14.2. The third-order valence-corrected chi connectivity index (χ3v) is 3.40. The summed E-state index contributed by atoms with van der Waals surface area (Å²) in [6.07, 6.45) is 1.58. The predicted octanol–water partition coefficient (Wildman–Crippen LogP) is 1.56. The molecule has 0 saturated heterocycles. The van der Waals surface area contributed by atoms with Crippen LogP contribution in [0.5, 0.6) is 11.5 Å².